The van der Waals surface area contributed by atoms with Crippen LogP contribution in [0.5, 0.6) is 0 Å². The van der Waals surface area contributed by atoms with Gasteiger partial charge in [-0.2, -0.15) is 8.42 Å². The molecule has 4 aromatic carbocycles. The van der Waals surface area contributed by atoms with E-state index in [2.05, 4.69) is 31.2 Å². The molecule has 0 aromatic heterocycles. The monoisotopic (exact) mass is 532 g/mol. The fourth-order valence-corrected chi connectivity index (χ4v) is 9.63. The molecule has 0 fully saturated rings. The Hall–Kier alpha value is -2.86. The molecule has 0 unspecified atom stereocenters. The van der Waals surface area contributed by atoms with Gasteiger partial charge in [-0.3, -0.25) is 0 Å². The van der Waals surface area contributed by atoms with Crippen LogP contribution in [0.15, 0.2) is 129 Å². The van der Waals surface area contributed by atoms with Crippen LogP contribution in [0.3, 0.4) is 0 Å². The maximum atomic E-state index is 13.8. The van der Waals surface area contributed by atoms with E-state index in [4.69, 9.17) is 3.63 Å². The van der Waals surface area contributed by atoms with Crippen LogP contribution < -0.4 is 0 Å². The number of unbranched alkanes of at least 4 members (excludes halogenated alkanes) is 4. The summed E-state index contributed by atoms with van der Waals surface area (Å²) in [5.41, 5.74) is 2.25. The van der Waals surface area contributed by atoms with Crippen molar-refractivity contribution in [2.45, 2.75) is 72.0 Å². The van der Waals surface area contributed by atoms with E-state index >= 15 is 0 Å². The highest BCUT2D eigenvalue weighted by Crippen LogP contribution is 2.70. The smallest absolute Gasteiger partial charge is 0.203 e. The lowest BCUT2D eigenvalue weighted by atomic mass is 10.1. The zero-order valence-electron chi connectivity index (χ0n) is 21.7. The first-order valence-corrected chi connectivity index (χ1v) is 16.0. The van der Waals surface area contributed by atoms with Gasteiger partial charge in [0.05, 0.1) is 4.90 Å². The molecular formula is C32H36O3S2. The van der Waals surface area contributed by atoms with Crippen molar-refractivity contribution in [3.8, 4) is 0 Å². The van der Waals surface area contributed by atoms with Gasteiger partial charge in [0.15, 0.2) is 0 Å². The Balaban J connectivity index is 1.80. The van der Waals surface area contributed by atoms with E-state index in [-0.39, 0.29) is 4.90 Å². The summed E-state index contributed by atoms with van der Waals surface area (Å²) in [5.74, 6) is 0. The number of benzene rings is 4. The van der Waals surface area contributed by atoms with Crippen LogP contribution in [0, 0.1) is 6.92 Å². The van der Waals surface area contributed by atoms with Crippen molar-refractivity contribution in [3.05, 3.63) is 120 Å². The molecule has 37 heavy (non-hydrogen) atoms. The van der Waals surface area contributed by atoms with Gasteiger partial charge in [-0.15, -0.1) is 0 Å². The van der Waals surface area contributed by atoms with Gasteiger partial charge in [-0.1, -0.05) is 98.8 Å². The van der Waals surface area contributed by atoms with Crippen molar-refractivity contribution in [2.24, 2.45) is 0 Å². The Morgan fingerprint density at radius 1 is 0.568 bits per heavy atom. The molecule has 0 spiro atoms. The predicted molar refractivity (Wildman–Crippen MR) is 154 cm³/mol. The highest BCUT2D eigenvalue weighted by molar-refractivity contribution is 8.33. The molecule has 0 aliphatic carbocycles. The molecule has 0 radical (unpaired) electrons. The third kappa shape index (κ3) is 6.53. The Morgan fingerprint density at radius 2 is 1.05 bits per heavy atom. The third-order valence-corrected chi connectivity index (χ3v) is 11.7. The average Bonchev–Trinajstić information content (AvgIpc) is 2.93. The summed E-state index contributed by atoms with van der Waals surface area (Å²) in [6.07, 6.45) is 7.21. The molecule has 0 aliphatic heterocycles. The Bertz CT molecular complexity index is 1310. The third-order valence-electron chi connectivity index (χ3n) is 6.48. The molecule has 0 saturated carbocycles. The van der Waals surface area contributed by atoms with E-state index in [0.717, 1.165) is 33.1 Å². The predicted octanol–water partition coefficient (Wildman–Crippen LogP) is 9.11. The quantitative estimate of drug-likeness (QED) is 0.171. The highest BCUT2D eigenvalue weighted by Gasteiger charge is 2.38. The van der Waals surface area contributed by atoms with Gasteiger partial charge in [0, 0.05) is 14.7 Å². The van der Waals surface area contributed by atoms with Gasteiger partial charge < -0.3 is 0 Å². The summed E-state index contributed by atoms with van der Waals surface area (Å²) in [6, 6.07) is 34.7. The van der Waals surface area contributed by atoms with Gasteiger partial charge in [0.2, 0.25) is 0 Å². The first kappa shape index (κ1) is 27.2. The van der Waals surface area contributed by atoms with E-state index in [0.29, 0.717) is 0 Å². The second-order valence-electron chi connectivity index (χ2n) is 9.33. The van der Waals surface area contributed by atoms with E-state index in [1.54, 1.807) is 24.3 Å². The number of rotatable bonds is 12. The van der Waals surface area contributed by atoms with E-state index in [1.165, 1.54) is 31.2 Å². The van der Waals surface area contributed by atoms with Crippen molar-refractivity contribution in [1.29, 1.82) is 0 Å². The summed E-state index contributed by atoms with van der Waals surface area (Å²) in [5, 5.41) is 0. The van der Waals surface area contributed by atoms with Crippen molar-refractivity contribution < 1.29 is 12.0 Å². The van der Waals surface area contributed by atoms with Crippen LogP contribution in [0.2, 0.25) is 0 Å². The molecule has 0 atom stereocenters. The van der Waals surface area contributed by atoms with Gasteiger partial charge >= 0.3 is 10.1 Å². The molecular weight excluding hydrogens is 496 g/mol. The van der Waals surface area contributed by atoms with E-state index in [9.17, 15) is 8.42 Å². The molecule has 0 saturated heterocycles. The number of hydrogen-bond acceptors (Lipinski definition) is 3. The second kappa shape index (κ2) is 12.6. The number of aryl methyl sites for hydroxylation is 2. The molecule has 0 aliphatic rings. The molecule has 0 heterocycles. The number of hydrogen-bond donors (Lipinski definition) is 0. The van der Waals surface area contributed by atoms with E-state index in [1.807, 2.05) is 67.6 Å². The molecule has 0 N–H and O–H groups in total. The highest BCUT2D eigenvalue weighted by atomic mass is 32.3. The molecule has 4 aromatic rings. The molecule has 4 rings (SSSR count). The lowest BCUT2D eigenvalue weighted by Gasteiger charge is -2.39. The lowest BCUT2D eigenvalue weighted by molar-refractivity contribution is 0.508. The minimum absolute atomic E-state index is 0.158. The summed E-state index contributed by atoms with van der Waals surface area (Å²) >= 11 is 0. The molecule has 3 nitrogen and oxygen atoms in total. The molecule has 5 heteroatoms. The minimum atomic E-state index is -4.08. The Labute approximate surface area is 224 Å². The van der Waals surface area contributed by atoms with Crippen molar-refractivity contribution >= 4 is 20.4 Å². The van der Waals surface area contributed by atoms with Crippen molar-refractivity contribution in [1.82, 2.24) is 0 Å². The maximum absolute atomic E-state index is 13.8. The zero-order chi connectivity index (χ0) is 26.1. The molecule has 0 amide bonds. The lowest BCUT2D eigenvalue weighted by Crippen LogP contribution is -2.14. The van der Waals surface area contributed by atoms with Crippen molar-refractivity contribution in [3.63, 3.8) is 0 Å². The van der Waals surface area contributed by atoms with Crippen LogP contribution in [0.25, 0.3) is 0 Å². The fraction of sp³-hybridized carbons (Fsp3) is 0.250. The SMILES string of the molecule is CCCCCCCc1ccc(S(OS(=O)(=O)c2ccc(C)cc2)(c2ccccc2)c2ccccc2)cc1. The molecule has 0 bridgehead atoms. The molecule has 194 valence electrons. The topological polar surface area (TPSA) is 43.4 Å². The minimum Gasteiger partial charge on any atom is -0.203 e. The van der Waals surface area contributed by atoms with Crippen LogP contribution in [0.4, 0.5) is 0 Å². The largest absolute Gasteiger partial charge is 0.307 e. The van der Waals surface area contributed by atoms with E-state index < -0.39 is 20.4 Å². The summed E-state index contributed by atoms with van der Waals surface area (Å²) in [4.78, 5) is 2.69. The Kier molecular flexibility index (Phi) is 9.25. The van der Waals surface area contributed by atoms with Crippen molar-refractivity contribution in [2.75, 3.05) is 0 Å². The van der Waals surface area contributed by atoms with Gasteiger partial charge in [0.25, 0.3) is 0 Å². The average molecular weight is 533 g/mol. The fourth-order valence-electron chi connectivity index (χ4n) is 4.41. The second-order valence-corrected chi connectivity index (χ2v) is 13.8. The van der Waals surface area contributed by atoms with Gasteiger partial charge in [-0.25, -0.2) is 3.63 Å². The Morgan fingerprint density at radius 3 is 1.59 bits per heavy atom. The maximum Gasteiger partial charge on any atom is 0.307 e. The summed E-state index contributed by atoms with van der Waals surface area (Å²) in [7, 11) is -6.66. The summed E-state index contributed by atoms with van der Waals surface area (Å²) in [6.45, 7) is 4.17. The first-order chi connectivity index (χ1) is 18.0. The summed E-state index contributed by atoms with van der Waals surface area (Å²) < 4.78 is 34.0. The van der Waals surface area contributed by atoms with Crippen LogP contribution >= 0.6 is 10.3 Å². The van der Waals surface area contributed by atoms with Gasteiger partial charge in [-0.05, 0) is 84.2 Å². The van der Waals surface area contributed by atoms with Gasteiger partial charge in [0.1, 0.15) is 0 Å². The zero-order valence-corrected chi connectivity index (χ0v) is 23.3. The standard InChI is InChI=1S/C32H36O3S2/c1-3-4-5-6-9-14-28-21-25-31(26-22-28)36(29-15-10-7-11-16-29,30-17-12-8-13-18-30)35-37(33,34)32-23-19-27(2)20-24-32/h7-8,10-13,15-26H,3-6,9,14H2,1-2H3. The normalized spacial score (nSPS) is 12.4. The van der Waals surface area contributed by atoms with Crippen LogP contribution in [0.1, 0.15) is 50.2 Å². The van der Waals surface area contributed by atoms with Crippen LogP contribution in [-0.2, 0) is 20.2 Å². The van der Waals surface area contributed by atoms with Crippen LogP contribution in [-0.4, -0.2) is 8.42 Å². The first-order valence-electron chi connectivity index (χ1n) is 13.0.